The number of carbonyl (C=O) groups excluding carboxylic acids is 2. The topological polar surface area (TPSA) is 46.6 Å². The van der Waals surface area contributed by atoms with Crippen molar-refractivity contribution in [3.8, 4) is 0 Å². The number of hydrogen-bond donors (Lipinski definition) is 0. The van der Waals surface area contributed by atoms with Crippen molar-refractivity contribution >= 4 is 11.9 Å². The highest BCUT2D eigenvalue weighted by Crippen LogP contribution is 2.21. The molecule has 198 valence electrons. The third-order valence-corrected chi connectivity index (χ3v) is 7.37. The molecule has 4 heteroatoms. The van der Waals surface area contributed by atoms with Crippen molar-refractivity contribution in [1.29, 1.82) is 0 Å². The van der Waals surface area contributed by atoms with Gasteiger partial charge in [0.1, 0.15) is 0 Å². The first kappa shape index (κ1) is 29.4. The van der Waals surface area contributed by atoms with Crippen molar-refractivity contribution in [2.24, 2.45) is 5.92 Å². The summed E-state index contributed by atoms with van der Waals surface area (Å²) in [6, 6.07) is 7.72. The molecule has 1 aliphatic rings. The fraction of sp³-hybridized carbons (Fsp3) is 0.742. The van der Waals surface area contributed by atoms with E-state index in [1.54, 1.807) is 0 Å². The maximum Gasteiger partial charge on any atom is 0.309 e. The van der Waals surface area contributed by atoms with E-state index in [0.29, 0.717) is 32.5 Å². The number of esters is 1. The van der Waals surface area contributed by atoms with Gasteiger partial charge >= 0.3 is 5.97 Å². The molecule has 4 nitrogen and oxygen atoms in total. The molecule has 0 saturated carbocycles. The van der Waals surface area contributed by atoms with E-state index in [4.69, 9.17) is 4.74 Å². The maximum atomic E-state index is 12.7. The van der Waals surface area contributed by atoms with Crippen LogP contribution in [-0.4, -0.2) is 36.5 Å². The van der Waals surface area contributed by atoms with E-state index in [9.17, 15) is 9.59 Å². The summed E-state index contributed by atoms with van der Waals surface area (Å²) < 4.78 is 5.55. The Morgan fingerprint density at radius 2 is 1.31 bits per heavy atom. The van der Waals surface area contributed by atoms with Gasteiger partial charge < -0.3 is 9.64 Å². The monoisotopic (exact) mass is 485 g/mol. The largest absolute Gasteiger partial charge is 0.465 e. The van der Waals surface area contributed by atoms with Crippen LogP contribution in [0.3, 0.4) is 0 Å². The van der Waals surface area contributed by atoms with Crippen LogP contribution in [0.4, 0.5) is 0 Å². The van der Waals surface area contributed by atoms with Crippen LogP contribution in [0.5, 0.6) is 0 Å². The van der Waals surface area contributed by atoms with Gasteiger partial charge in [-0.15, -0.1) is 0 Å². The summed E-state index contributed by atoms with van der Waals surface area (Å²) >= 11 is 0. The number of aryl methyl sites for hydroxylation is 1. The lowest BCUT2D eigenvalue weighted by Crippen LogP contribution is -2.40. The molecule has 0 bridgehead atoms. The van der Waals surface area contributed by atoms with Gasteiger partial charge in [0.15, 0.2) is 0 Å². The summed E-state index contributed by atoms with van der Waals surface area (Å²) in [7, 11) is 0. The second-order valence-corrected chi connectivity index (χ2v) is 10.6. The highest BCUT2D eigenvalue weighted by molar-refractivity contribution is 5.94. The third kappa shape index (κ3) is 12.6. The summed E-state index contributed by atoms with van der Waals surface area (Å²) in [6.07, 6.45) is 21.4. The quantitative estimate of drug-likeness (QED) is 0.155. The van der Waals surface area contributed by atoms with Gasteiger partial charge in [-0.05, 0) is 38.3 Å². The van der Waals surface area contributed by atoms with E-state index >= 15 is 0 Å². The lowest BCUT2D eigenvalue weighted by Gasteiger charge is -2.31. The zero-order valence-corrected chi connectivity index (χ0v) is 22.7. The molecule has 0 atom stereocenters. The minimum absolute atomic E-state index is 0.0621. The Balaban J connectivity index is 1.40. The minimum atomic E-state index is -0.0713. The second kappa shape index (κ2) is 18.4. The van der Waals surface area contributed by atoms with Gasteiger partial charge in [0.25, 0.3) is 5.91 Å². The predicted molar refractivity (Wildman–Crippen MR) is 146 cm³/mol. The number of likely N-dealkylation sites (tertiary alicyclic amines) is 1. The molecule has 1 amide bonds. The first-order valence-electron chi connectivity index (χ1n) is 14.6. The Labute approximate surface area is 215 Å². The van der Waals surface area contributed by atoms with Gasteiger partial charge in [0, 0.05) is 18.7 Å². The van der Waals surface area contributed by atoms with Gasteiger partial charge in [-0.1, -0.05) is 115 Å². The van der Waals surface area contributed by atoms with Crippen LogP contribution < -0.4 is 0 Å². The molecule has 1 aromatic carbocycles. The number of piperidine rings is 1. The average Bonchev–Trinajstić information content (AvgIpc) is 2.88. The molecule has 0 aliphatic carbocycles. The third-order valence-electron chi connectivity index (χ3n) is 7.37. The Kier molecular flexibility index (Phi) is 15.5. The van der Waals surface area contributed by atoms with Crippen molar-refractivity contribution in [1.82, 2.24) is 4.90 Å². The number of amides is 1. The SMILES string of the molecule is CCCCCCCCCCCCCCCCCOC(=O)C1CCN(C(=O)c2cccc(C)c2)CC1. The van der Waals surface area contributed by atoms with E-state index in [1.807, 2.05) is 36.1 Å². The highest BCUT2D eigenvalue weighted by Gasteiger charge is 2.28. The zero-order valence-electron chi connectivity index (χ0n) is 22.7. The van der Waals surface area contributed by atoms with E-state index in [-0.39, 0.29) is 17.8 Å². The number of carbonyl (C=O) groups is 2. The number of nitrogens with zero attached hydrogens (tertiary/aromatic N) is 1. The van der Waals surface area contributed by atoms with E-state index in [0.717, 1.165) is 24.0 Å². The van der Waals surface area contributed by atoms with Crippen molar-refractivity contribution in [2.45, 2.75) is 123 Å². The Morgan fingerprint density at radius 1 is 0.800 bits per heavy atom. The van der Waals surface area contributed by atoms with Crippen LogP contribution in [-0.2, 0) is 9.53 Å². The van der Waals surface area contributed by atoms with Gasteiger partial charge in [0.2, 0.25) is 0 Å². The molecule has 1 aromatic rings. The molecule has 2 rings (SSSR count). The number of benzene rings is 1. The molecule has 0 unspecified atom stereocenters. The molecule has 35 heavy (non-hydrogen) atoms. The van der Waals surface area contributed by atoms with E-state index < -0.39 is 0 Å². The zero-order chi connectivity index (χ0) is 25.1. The second-order valence-electron chi connectivity index (χ2n) is 10.6. The van der Waals surface area contributed by atoms with Crippen LogP contribution in [0.1, 0.15) is 132 Å². The number of rotatable bonds is 18. The van der Waals surface area contributed by atoms with Gasteiger partial charge in [0.05, 0.1) is 12.5 Å². The summed E-state index contributed by atoms with van der Waals surface area (Å²) in [5.41, 5.74) is 1.83. The molecule has 0 aromatic heterocycles. The van der Waals surface area contributed by atoms with E-state index in [2.05, 4.69) is 6.92 Å². The van der Waals surface area contributed by atoms with Crippen LogP contribution in [0.2, 0.25) is 0 Å². The molecule has 1 heterocycles. The van der Waals surface area contributed by atoms with E-state index in [1.165, 1.54) is 83.5 Å². The molecular formula is C31H51NO3. The maximum absolute atomic E-state index is 12.7. The number of unbranched alkanes of at least 4 members (excludes halogenated alkanes) is 14. The molecule has 1 saturated heterocycles. The first-order chi connectivity index (χ1) is 17.1. The first-order valence-corrected chi connectivity index (χ1v) is 14.6. The molecule has 0 spiro atoms. The Hall–Kier alpha value is -1.84. The Morgan fingerprint density at radius 3 is 1.83 bits per heavy atom. The van der Waals surface area contributed by atoms with Crippen molar-refractivity contribution in [3.05, 3.63) is 35.4 Å². The van der Waals surface area contributed by atoms with Crippen LogP contribution >= 0.6 is 0 Å². The molecule has 1 aliphatic heterocycles. The van der Waals surface area contributed by atoms with Crippen LogP contribution in [0.25, 0.3) is 0 Å². The highest BCUT2D eigenvalue weighted by atomic mass is 16.5. The standard InChI is InChI=1S/C31H51NO3/c1-3-4-5-6-7-8-9-10-11-12-13-14-15-16-17-25-35-31(34)28-21-23-32(24-22-28)30(33)29-20-18-19-27(2)26-29/h18-20,26,28H,3-17,21-25H2,1-2H3. The van der Waals surface area contributed by atoms with Crippen molar-refractivity contribution in [3.63, 3.8) is 0 Å². The van der Waals surface area contributed by atoms with Gasteiger partial charge in [-0.25, -0.2) is 0 Å². The fourth-order valence-corrected chi connectivity index (χ4v) is 5.04. The predicted octanol–water partition coefficient (Wildman–Crippen LogP) is 8.26. The molecule has 0 N–H and O–H groups in total. The average molecular weight is 486 g/mol. The smallest absolute Gasteiger partial charge is 0.309 e. The normalized spacial score (nSPS) is 14.3. The number of hydrogen-bond acceptors (Lipinski definition) is 3. The van der Waals surface area contributed by atoms with Crippen molar-refractivity contribution < 1.29 is 14.3 Å². The summed E-state index contributed by atoms with van der Waals surface area (Å²) in [5.74, 6) is -0.0655. The Bertz CT molecular complexity index is 709. The summed E-state index contributed by atoms with van der Waals surface area (Å²) in [6.45, 7) is 6.08. The fourth-order valence-electron chi connectivity index (χ4n) is 5.04. The van der Waals surface area contributed by atoms with Crippen LogP contribution in [0.15, 0.2) is 24.3 Å². The molecule has 1 fully saturated rings. The molecular weight excluding hydrogens is 434 g/mol. The number of ether oxygens (including phenoxy) is 1. The summed E-state index contributed by atoms with van der Waals surface area (Å²) in [4.78, 5) is 27.0. The van der Waals surface area contributed by atoms with Gasteiger partial charge in [-0.3, -0.25) is 9.59 Å². The van der Waals surface area contributed by atoms with Crippen molar-refractivity contribution in [2.75, 3.05) is 19.7 Å². The lowest BCUT2D eigenvalue weighted by molar-refractivity contribution is -0.150. The minimum Gasteiger partial charge on any atom is -0.465 e. The summed E-state index contributed by atoms with van der Waals surface area (Å²) in [5, 5.41) is 0. The lowest BCUT2D eigenvalue weighted by atomic mass is 9.96. The molecule has 0 radical (unpaired) electrons. The van der Waals surface area contributed by atoms with Crippen LogP contribution in [0, 0.1) is 12.8 Å². The van der Waals surface area contributed by atoms with Gasteiger partial charge in [-0.2, -0.15) is 0 Å².